The van der Waals surface area contributed by atoms with Crippen molar-refractivity contribution in [3.05, 3.63) is 41.3 Å². The summed E-state index contributed by atoms with van der Waals surface area (Å²) in [5.74, 6) is 0.931. The van der Waals surface area contributed by atoms with Gasteiger partial charge in [0, 0.05) is 37.6 Å². The number of aromatic nitrogens is 3. The number of aliphatic hydroxyl groups excluding tert-OH is 1. The average Bonchev–Trinajstić information content (AvgIpc) is 3.09. The van der Waals surface area contributed by atoms with E-state index in [4.69, 9.17) is 11.6 Å². The molecule has 112 valence electrons. The van der Waals surface area contributed by atoms with E-state index < -0.39 is 6.10 Å². The maximum Gasteiger partial charge on any atom is 0.128 e. The number of aliphatic hydroxyl groups is 1. The Balaban J connectivity index is 1.70. The molecule has 3 rings (SSSR count). The van der Waals surface area contributed by atoms with Crippen LogP contribution >= 0.6 is 11.6 Å². The molecule has 3 heterocycles. The predicted molar refractivity (Wildman–Crippen MR) is 82.4 cm³/mol. The minimum absolute atomic E-state index is 0.300. The fraction of sp³-hybridized carbons (Fsp3) is 0.467. The second-order valence-corrected chi connectivity index (χ2v) is 5.96. The number of halogens is 1. The molecule has 0 aromatic carbocycles. The summed E-state index contributed by atoms with van der Waals surface area (Å²) in [6.07, 6.45) is 7.65. The van der Waals surface area contributed by atoms with Crippen LogP contribution in [0.1, 0.15) is 30.9 Å². The zero-order chi connectivity index (χ0) is 14.8. The molecule has 6 heteroatoms. The van der Waals surface area contributed by atoms with Crippen LogP contribution in [-0.4, -0.2) is 32.5 Å². The third kappa shape index (κ3) is 3.19. The first kappa shape index (κ1) is 14.4. The van der Waals surface area contributed by atoms with Crippen molar-refractivity contribution in [2.75, 3.05) is 11.4 Å². The highest BCUT2D eigenvalue weighted by Crippen LogP contribution is 2.30. The van der Waals surface area contributed by atoms with Gasteiger partial charge in [0.15, 0.2) is 0 Å². The van der Waals surface area contributed by atoms with Gasteiger partial charge in [-0.1, -0.05) is 11.6 Å². The minimum Gasteiger partial charge on any atom is -0.388 e. The summed E-state index contributed by atoms with van der Waals surface area (Å²) < 4.78 is 1.71. The molecule has 0 saturated carbocycles. The van der Waals surface area contributed by atoms with Crippen LogP contribution in [0.2, 0.25) is 5.02 Å². The molecule has 1 N–H and O–H groups in total. The molecule has 1 saturated heterocycles. The van der Waals surface area contributed by atoms with Gasteiger partial charge in [0.05, 0.1) is 17.3 Å². The first-order valence-electron chi connectivity index (χ1n) is 7.18. The minimum atomic E-state index is -0.489. The highest BCUT2D eigenvalue weighted by molar-refractivity contribution is 6.30. The molecular formula is C15H19ClN4O. The third-order valence-electron chi connectivity index (χ3n) is 3.99. The summed E-state index contributed by atoms with van der Waals surface area (Å²) in [6, 6.07) is 4.10. The van der Waals surface area contributed by atoms with Gasteiger partial charge in [-0.05, 0) is 31.4 Å². The normalized spacial score (nSPS) is 20.0. The molecule has 0 spiro atoms. The molecule has 0 bridgehead atoms. The Morgan fingerprint density at radius 1 is 1.43 bits per heavy atom. The van der Waals surface area contributed by atoms with Crippen molar-refractivity contribution in [3.63, 3.8) is 0 Å². The number of rotatable bonds is 4. The molecule has 1 aliphatic heterocycles. The second-order valence-electron chi connectivity index (χ2n) is 5.52. The fourth-order valence-electron chi connectivity index (χ4n) is 2.93. The second kappa shape index (κ2) is 6.03. The molecule has 2 aromatic rings. The maximum absolute atomic E-state index is 10.4. The molecule has 0 radical (unpaired) electrons. The van der Waals surface area contributed by atoms with E-state index in [-0.39, 0.29) is 0 Å². The van der Waals surface area contributed by atoms with E-state index in [1.807, 2.05) is 25.4 Å². The van der Waals surface area contributed by atoms with Gasteiger partial charge in [0.25, 0.3) is 0 Å². The molecule has 0 amide bonds. The highest BCUT2D eigenvalue weighted by atomic mass is 35.5. The van der Waals surface area contributed by atoms with Crippen LogP contribution in [0.4, 0.5) is 5.82 Å². The summed E-state index contributed by atoms with van der Waals surface area (Å²) in [4.78, 5) is 6.65. The largest absolute Gasteiger partial charge is 0.388 e. The monoisotopic (exact) mass is 306 g/mol. The Morgan fingerprint density at radius 3 is 2.95 bits per heavy atom. The van der Waals surface area contributed by atoms with Gasteiger partial charge >= 0.3 is 0 Å². The number of aryl methyl sites for hydroxylation is 1. The van der Waals surface area contributed by atoms with Crippen molar-refractivity contribution in [1.29, 1.82) is 0 Å². The first-order chi connectivity index (χ1) is 10.1. The summed E-state index contributed by atoms with van der Waals surface area (Å²) in [5, 5.41) is 15.1. The van der Waals surface area contributed by atoms with Crippen molar-refractivity contribution < 1.29 is 5.11 Å². The number of anilines is 1. The summed E-state index contributed by atoms with van der Waals surface area (Å²) >= 11 is 5.89. The lowest BCUT2D eigenvalue weighted by molar-refractivity contribution is 0.158. The predicted octanol–water partition coefficient (Wildman–Crippen LogP) is 2.56. The molecule has 1 aliphatic rings. The van der Waals surface area contributed by atoms with Crippen molar-refractivity contribution in [1.82, 2.24) is 14.8 Å². The Kier molecular flexibility index (Phi) is 4.12. The standard InChI is InChI=1S/C15H19ClN4O/c1-19-10-11(8-18-19)14(21)7-13-3-2-6-20(13)15-5-4-12(16)9-17-15/h4-5,8-10,13-14,21H,2-3,6-7H2,1H3. The Labute approximate surface area is 129 Å². The lowest BCUT2D eigenvalue weighted by Gasteiger charge is -2.27. The van der Waals surface area contributed by atoms with Crippen LogP contribution in [0.3, 0.4) is 0 Å². The third-order valence-corrected chi connectivity index (χ3v) is 4.21. The molecule has 1 fully saturated rings. The maximum atomic E-state index is 10.4. The van der Waals surface area contributed by atoms with Crippen LogP contribution in [0, 0.1) is 0 Å². The van der Waals surface area contributed by atoms with E-state index in [0.717, 1.165) is 30.8 Å². The molecule has 2 atom stereocenters. The number of hydrogen-bond acceptors (Lipinski definition) is 4. The van der Waals surface area contributed by atoms with E-state index in [0.29, 0.717) is 17.5 Å². The van der Waals surface area contributed by atoms with Crippen molar-refractivity contribution in [2.24, 2.45) is 7.05 Å². The summed E-state index contributed by atoms with van der Waals surface area (Å²) in [5.41, 5.74) is 0.869. The number of hydrogen-bond donors (Lipinski definition) is 1. The SMILES string of the molecule is Cn1cc(C(O)CC2CCCN2c2ccc(Cl)cn2)cn1. The van der Waals surface area contributed by atoms with Gasteiger partial charge in [-0.3, -0.25) is 4.68 Å². The van der Waals surface area contributed by atoms with Crippen molar-refractivity contribution in [3.8, 4) is 0 Å². The van der Waals surface area contributed by atoms with Crippen LogP contribution in [0.15, 0.2) is 30.7 Å². The molecule has 0 aliphatic carbocycles. The Morgan fingerprint density at radius 2 is 2.29 bits per heavy atom. The Hall–Kier alpha value is -1.59. The molecule has 2 unspecified atom stereocenters. The van der Waals surface area contributed by atoms with E-state index in [9.17, 15) is 5.11 Å². The van der Waals surface area contributed by atoms with Crippen LogP contribution in [-0.2, 0) is 7.05 Å². The van der Waals surface area contributed by atoms with Gasteiger partial charge in [-0.2, -0.15) is 5.10 Å². The number of nitrogens with zero attached hydrogens (tertiary/aromatic N) is 4. The van der Waals surface area contributed by atoms with Gasteiger partial charge in [0.2, 0.25) is 0 Å². The molecule has 21 heavy (non-hydrogen) atoms. The van der Waals surface area contributed by atoms with Gasteiger partial charge < -0.3 is 10.0 Å². The van der Waals surface area contributed by atoms with Gasteiger partial charge in [-0.25, -0.2) is 4.98 Å². The zero-order valence-corrected chi connectivity index (χ0v) is 12.7. The summed E-state index contributed by atoms with van der Waals surface area (Å²) in [6.45, 7) is 0.971. The lowest BCUT2D eigenvalue weighted by atomic mass is 10.0. The van der Waals surface area contributed by atoms with Crippen molar-refractivity contribution >= 4 is 17.4 Å². The van der Waals surface area contributed by atoms with E-state index >= 15 is 0 Å². The molecule has 2 aromatic heterocycles. The Bertz CT molecular complexity index is 598. The topological polar surface area (TPSA) is 54.2 Å². The van der Waals surface area contributed by atoms with Crippen LogP contribution < -0.4 is 4.90 Å². The van der Waals surface area contributed by atoms with Crippen LogP contribution in [0.25, 0.3) is 0 Å². The van der Waals surface area contributed by atoms with E-state index in [2.05, 4.69) is 15.0 Å². The van der Waals surface area contributed by atoms with Gasteiger partial charge in [-0.15, -0.1) is 0 Å². The fourth-order valence-corrected chi connectivity index (χ4v) is 3.04. The lowest BCUT2D eigenvalue weighted by Crippen LogP contribution is -2.31. The molecular weight excluding hydrogens is 288 g/mol. The van der Waals surface area contributed by atoms with E-state index in [1.165, 1.54) is 0 Å². The van der Waals surface area contributed by atoms with Gasteiger partial charge in [0.1, 0.15) is 5.82 Å². The van der Waals surface area contributed by atoms with Crippen molar-refractivity contribution in [2.45, 2.75) is 31.4 Å². The summed E-state index contributed by atoms with van der Waals surface area (Å²) in [7, 11) is 1.86. The van der Waals surface area contributed by atoms with E-state index in [1.54, 1.807) is 17.1 Å². The zero-order valence-electron chi connectivity index (χ0n) is 12.0. The quantitative estimate of drug-likeness (QED) is 0.943. The van der Waals surface area contributed by atoms with Crippen LogP contribution in [0.5, 0.6) is 0 Å². The first-order valence-corrected chi connectivity index (χ1v) is 7.56. The highest BCUT2D eigenvalue weighted by Gasteiger charge is 2.28. The average molecular weight is 307 g/mol. The molecule has 5 nitrogen and oxygen atoms in total. The smallest absolute Gasteiger partial charge is 0.128 e. The number of pyridine rings is 1.